The Bertz CT molecular complexity index is 461. The molecule has 0 unspecified atom stereocenters. The largest absolute Gasteiger partial charge is 0.490 e. The predicted molar refractivity (Wildman–Crippen MR) is 94.9 cm³/mol. The molecule has 0 atom stereocenters. The number of hydrogen-bond donors (Lipinski definition) is 0. The summed E-state index contributed by atoms with van der Waals surface area (Å²) in [4.78, 5) is 14.3. The number of piperidine rings is 1. The van der Waals surface area contributed by atoms with Crippen LogP contribution in [0.4, 0.5) is 0 Å². The van der Waals surface area contributed by atoms with Crippen molar-refractivity contribution < 1.29 is 14.3 Å². The summed E-state index contributed by atoms with van der Waals surface area (Å²) in [5.41, 5.74) is 0.665. The zero-order valence-electron chi connectivity index (χ0n) is 14.0. The second-order valence-corrected chi connectivity index (χ2v) is 5.64. The van der Waals surface area contributed by atoms with E-state index in [1.165, 1.54) is 32.4 Å². The highest BCUT2D eigenvalue weighted by Crippen LogP contribution is 2.19. The minimum atomic E-state index is 0. The molecule has 1 fully saturated rings. The van der Waals surface area contributed by atoms with Gasteiger partial charge in [0.25, 0.3) is 0 Å². The summed E-state index contributed by atoms with van der Waals surface area (Å²) in [5, 5.41) is 0. The molecule has 0 spiro atoms. The van der Waals surface area contributed by atoms with Gasteiger partial charge in [-0.25, -0.2) is 0 Å². The Morgan fingerprint density at radius 2 is 1.83 bits per heavy atom. The molecule has 1 heterocycles. The van der Waals surface area contributed by atoms with Crippen LogP contribution in [0, 0.1) is 0 Å². The van der Waals surface area contributed by atoms with Crippen molar-refractivity contribution in [1.82, 2.24) is 4.90 Å². The molecule has 4 nitrogen and oxygen atoms in total. The van der Waals surface area contributed by atoms with Crippen LogP contribution >= 0.6 is 12.4 Å². The Labute approximate surface area is 145 Å². The van der Waals surface area contributed by atoms with Crippen LogP contribution in [-0.4, -0.2) is 50.1 Å². The van der Waals surface area contributed by atoms with Gasteiger partial charge in [0.15, 0.2) is 5.78 Å². The predicted octanol–water partition coefficient (Wildman–Crippen LogP) is 3.58. The number of halogens is 1. The lowest BCUT2D eigenvalue weighted by Crippen LogP contribution is -2.32. The Balaban J connectivity index is 0.00000264. The van der Waals surface area contributed by atoms with Crippen LogP contribution < -0.4 is 4.74 Å². The number of nitrogens with zero attached hydrogens (tertiary/aromatic N) is 1. The van der Waals surface area contributed by atoms with Crippen molar-refractivity contribution in [2.75, 3.05) is 39.5 Å². The van der Waals surface area contributed by atoms with Gasteiger partial charge in [-0.15, -0.1) is 12.4 Å². The molecule has 2 rings (SSSR count). The van der Waals surface area contributed by atoms with Gasteiger partial charge >= 0.3 is 0 Å². The monoisotopic (exact) mass is 341 g/mol. The van der Waals surface area contributed by atoms with Crippen molar-refractivity contribution in [3.05, 3.63) is 29.8 Å². The van der Waals surface area contributed by atoms with E-state index in [0.29, 0.717) is 30.9 Å². The summed E-state index contributed by atoms with van der Waals surface area (Å²) < 4.78 is 11.3. The highest BCUT2D eigenvalue weighted by atomic mass is 35.5. The van der Waals surface area contributed by atoms with E-state index in [4.69, 9.17) is 9.47 Å². The Hall–Kier alpha value is -1.10. The lowest BCUT2D eigenvalue weighted by Gasteiger charge is -2.26. The number of likely N-dealkylation sites (tertiary alicyclic amines) is 1. The van der Waals surface area contributed by atoms with Crippen LogP contribution in [0.25, 0.3) is 0 Å². The number of para-hydroxylation sites is 1. The van der Waals surface area contributed by atoms with Crippen LogP contribution in [0.3, 0.4) is 0 Å². The van der Waals surface area contributed by atoms with Crippen molar-refractivity contribution in [1.29, 1.82) is 0 Å². The van der Waals surface area contributed by atoms with Crippen LogP contribution in [0.5, 0.6) is 5.75 Å². The number of carbonyl (C=O) groups excluding carboxylic acids is 1. The quantitative estimate of drug-likeness (QED) is 0.508. The molecule has 1 aromatic rings. The maximum atomic E-state index is 11.8. The van der Waals surface area contributed by atoms with Gasteiger partial charge in [-0.2, -0.15) is 0 Å². The first kappa shape index (κ1) is 19.9. The highest BCUT2D eigenvalue weighted by molar-refractivity contribution is 5.98. The maximum Gasteiger partial charge on any atom is 0.166 e. The average molecular weight is 342 g/mol. The molecule has 0 saturated carbocycles. The van der Waals surface area contributed by atoms with Gasteiger partial charge in [-0.1, -0.05) is 25.5 Å². The molecule has 0 aromatic heterocycles. The number of ether oxygens (including phenoxy) is 2. The van der Waals surface area contributed by atoms with E-state index in [2.05, 4.69) is 4.90 Å². The summed E-state index contributed by atoms with van der Waals surface area (Å²) in [7, 11) is 0. The molecule has 5 heteroatoms. The Morgan fingerprint density at radius 1 is 1.09 bits per heavy atom. The van der Waals surface area contributed by atoms with Crippen molar-refractivity contribution in [2.24, 2.45) is 0 Å². The summed E-state index contributed by atoms with van der Waals surface area (Å²) >= 11 is 0. The Morgan fingerprint density at radius 3 is 2.57 bits per heavy atom. The van der Waals surface area contributed by atoms with Gasteiger partial charge in [0.05, 0.1) is 18.8 Å². The fourth-order valence-corrected chi connectivity index (χ4v) is 2.70. The van der Waals surface area contributed by atoms with Gasteiger partial charge in [0, 0.05) is 13.0 Å². The first-order valence-corrected chi connectivity index (χ1v) is 8.36. The van der Waals surface area contributed by atoms with Crippen molar-refractivity contribution in [3.63, 3.8) is 0 Å². The smallest absolute Gasteiger partial charge is 0.166 e. The molecule has 0 amide bonds. The van der Waals surface area contributed by atoms with Crippen molar-refractivity contribution >= 4 is 18.2 Å². The zero-order valence-corrected chi connectivity index (χ0v) is 14.8. The van der Waals surface area contributed by atoms with Gasteiger partial charge in [-0.05, 0) is 38.1 Å². The lowest BCUT2D eigenvalue weighted by molar-refractivity contribution is 0.0744. The molecule has 0 N–H and O–H groups in total. The number of Topliss-reactive ketones (excluding diaryl/α,β-unsaturated/α-hetero) is 1. The second-order valence-electron chi connectivity index (χ2n) is 5.64. The molecule has 1 aliphatic heterocycles. The molecule has 0 bridgehead atoms. The number of benzene rings is 1. The van der Waals surface area contributed by atoms with Crippen LogP contribution in [0.1, 0.15) is 43.0 Å². The minimum absolute atomic E-state index is 0. The van der Waals surface area contributed by atoms with E-state index in [-0.39, 0.29) is 18.2 Å². The summed E-state index contributed by atoms with van der Waals surface area (Å²) in [5.74, 6) is 0.774. The van der Waals surface area contributed by atoms with Gasteiger partial charge in [0.1, 0.15) is 12.4 Å². The van der Waals surface area contributed by atoms with Crippen molar-refractivity contribution in [3.8, 4) is 5.75 Å². The first-order valence-electron chi connectivity index (χ1n) is 8.36. The van der Waals surface area contributed by atoms with Gasteiger partial charge < -0.3 is 14.4 Å². The van der Waals surface area contributed by atoms with E-state index < -0.39 is 0 Å². The molecule has 0 radical (unpaired) electrons. The van der Waals surface area contributed by atoms with E-state index in [9.17, 15) is 4.79 Å². The first-order chi connectivity index (χ1) is 10.8. The maximum absolute atomic E-state index is 11.8. The van der Waals surface area contributed by atoms with Gasteiger partial charge in [-0.3, -0.25) is 4.79 Å². The summed E-state index contributed by atoms with van der Waals surface area (Å²) in [6, 6.07) is 7.42. The Kier molecular flexibility index (Phi) is 9.92. The standard InChI is InChI=1S/C18H27NO3.ClH/c1-2-17(20)16-8-4-5-9-18(16)22-15-14-21-13-12-19-10-6-3-7-11-19;/h4-5,8-9H,2-3,6-7,10-15H2,1H3;1H. The van der Waals surface area contributed by atoms with E-state index in [1.54, 1.807) is 0 Å². The third kappa shape index (κ3) is 6.90. The van der Waals surface area contributed by atoms with Crippen LogP contribution in [0.15, 0.2) is 24.3 Å². The highest BCUT2D eigenvalue weighted by Gasteiger charge is 2.10. The van der Waals surface area contributed by atoms with Crippen LogP contribution in [-0.2, 0) is 4.74 Å². The molecule has 23 heavy (non-hydrogen) atoms. The van der Waals surface area contributed by atoms with E-state index >= 15 is 0 Å². The number of hydrogen-bond acceptors (Lipinski definition) is 4. The minimum Gasteiger partial charge on any atom is -0.490 e. The summed E-state index contributed by atoms with van der Waals surface area (Å²) in [6.45, 7) is 7.06. The number of ketones is 1. The fourth-order valence-electron chi connectivity index (χ4n) is 2.70. The third-order valence-corrected chi connectivity index (χ3v) is 3.99. The second kappa shape index (κ2) is 11.4. The number of rotatable bonds is 9. The lowest BCUT2D eigenvalue weighted by atomic mass is 10.1. The zero-order chi connectivity index (χ0) is 15.6. The summed E-state index contributed by atoms with van der Waals surface area (Å²) in [6.07, 6.45) is 4.48. The van der Waals surface area contributed by atoms with Crippen molar-refractivity contribution in [2.45, 2.75) is 32.6 Å². The molecule has 1 aromatic carbocycles. The molecular weight excluding hydrogens is 314 g/mol. The molecule has 130 valence electrons. The average Bonchev–Trinajstić information content (AvgIpc) is 2.58. The van der Waals surface area contributed by atoms with Crippen LogP contribution in [0.2, 0.25) is 0 Å². The molecule has 1 saturated heterocycles. The normalized spacial score (nSPS) is 15.0. The van der Waals surface area contributed by atoms with E-state index in [0.717, 1.165) is 13.2 Å². The molecular formula is C18H28ClNO3. The van der Waals surface area contributed by atoms with Gasteiger partial charge in [0.2, 0.25) is 0 Å². The SMILES string of the molecule is CCC(=O)c1ccccc1OCCOCCN1CCCCC1.Cl. The molecule has 1 aliphatic rings. The number of carbonyl (C=O) groups is 1. The topological polar surface area (TPSA) is 38.8 Å². The molecule has 0 aliphatic carbocycles. The fraction of sp³-hybridized carbons (Fsp3) is 0.611. The van der Waals surface area contributed by atoms with E-state index in [1.807, 2.05) is 31.2 Å². The third-order valence-electron chi connectivity index (χ3n) is 3.99.